The molecule has 1 amide bonds. The van der Waals surface area contributed by atoms with Gasteiger partial charge < -0.3 is 9.42 Å². The fraction of sp³-hybridized carbons (Fsp3) is 0.789. The van der Waals surface area contributed by atoms with Crippen LogP contribution in [0, 0.1) is 19.8 Å². The van der Waals surface area contributed by atoms with Crippen molar-refractivity contribution in [1.29, 1.82) is 0 Å². The minimum atomic E-state index is -3.71. The van der Waals surface area contributed by atoms with E-state index in [1.165, 1.54) is 4.31 Å². The minimum absolute atomic E-state index is 0.0692. The topological polar surface area (TPSA) is 83.7 Å². The monoisotopic (exact) mass is 399 g/mol. The molecule has 1 aromatic rings. The van der Waals surface area contributed by atoms with Crippen LogP contribution in [0.3, 0.4) is 0 Å². The van der Waals surface area contributed by atoms with Gasteiger partial charge in [0.05, 0.1) is 5.92 Å². The quantitative estimate of drug-likeness (QED) is 0.627. The number of hydrogen-bond acceptors (Lipinski definition) is 5. The highest BCUT2D eigenvalue weighted by molar-refractivity contribution is 7.89. The lowest BCUT2D eigenvalue weighted by Gasteiger charge is -2.36. The van der Waals surface area contributed by atoms with E-state index in [2.05, 4.69) is 12.1 Å². The number of nitrogens with zero attached hydrogens (tertiary/aromatic N) is 3. The van der Waals surface area contributed by atoms with Crippen LogP contribution in [-0.4, -0.2) is 54.4 Å². The van der Waals surface area contributed by atoms with E-state index < -0.39 is 10.0 Å². The number of amides is 1. The van der Waals surface area contributed by atoms with Gasteiger partial charge in [-0.3, -0.25) is 4.79 Å². The normalized spacial score (nSPS) is 18.8. The highest BCUT2D eigenvalue weighted by atomic mass is 32.2. The standard InChI is InChI=1S/C19H33N3O4S/c1-6-7-8-12-22(14(2)3)19(23)17-10-9-11-21(13-17)27(24,25)18-15(4)20-26-16(18)5/h14,17H,6-13H2,1-5H3. The Hall–Kier alpha value is -1.41. The van der Waals surface area contributed by atoms with E-state index >= 15 is 0 Å². The number of piperidine rings is 1. The molecule has 1 saturated heterocycles. The van der Waals surface area contributed by atoms with Crippen molar-refractivity contribution in [2.45, 2.75) is 77.7 Å². The summed E-state index contributed by atoms with van der Waals surface area (Å²) in [5, 5.41) is 3.77. The zero-order chi connectivity index (χ0) is 20.2. The van der Waals surface area contributed by atoms with Gasteiger partial charge in [-0.1, -0.05) is 24.9 Å². The third-order valence-corrected chi connectivity index (χ3v) is 7.32. The van der Waals surface area contributed by atoms with Crippen molar-refractivity contribution in [2.24, 2.45) is 5.92 Å². The maximum absolute atomic E-state index is 13.1. The molecule has 8 heteroatoms. The first-order valence-electron chi connectivity index (χ1n) is 9.93. The summed E-state index contributed by atoms with van der Waals surface area (Å²) in [6.07, 6.45) is 4.58. The lowest BCUT2D eigenvalue weighted by molar-refractivity contribution is -0.138. The molecule has 0 radical (unpaired) electrons. The van der Waals surface area contributed by atoms with Crippen LogP contribution in [0.25, 0.3) is 0 Å². The van der Waals surface area contributed by atoms with E-state index in [0.29, 0.717) is 24.4 Å². The average Bonchev–Trinajstić information content (AvgIpc) is 2.97. The van der Waals surface area contributed by atoms with Gasteiger partial charge in [-0.05, 0) is 47.0 Å². The third-order valence-electron chi connectivity index (χ3n) is 5.21. The Morgan fingerprint density at radius 1 is 1.33 bits per heavy atom. The van der Waals surface area contributed by atoms with Crippen LogP contribution >= 0.6 is 0 Å². The molecule has 1 fully saturated rings. The first kappa shape index (κ1) is 21.9. The third kappa shape index (κ3) is 4.90. The van der Waals surface area contributed by atoms with Gasteiger partial charge in [-0.15, -0.1) is 0 Å². The Balaban J connectivity index is 2.15. The van der Waals surface area contributed by atoms with E-state index in [1.807, 2.05) is 18.7 Å². The average molecular weight is 400 g/mol. The van der Waals surface area contributed by atoms with Crippen molar-refractivity contribution >= 4 is 15.9 Å². The van der Waals surface area contributed by atoms with Gasteiger partial charge in [0, 0.05) is 25.7 Å². The number of aromatic nitrogens is 1. The number of aryl methyl sites for hydroxylation is 2. The number of sulfonamides is 1. The van der Waals surface area contributed by atoms with Gasteiger partial charge in [0.15, 0.2) is 5.76 Å². The maximum Gasteiger partial charge on any atom is 0.248 e. The molecular formula is C19H33N3O4S. The maximum atomic E-state index is 13.1. The van der Waals surface area contributed by atoms with Gasteiger partial charge >= 0.3 is 0 Å². The largest absolute Gasteiger partial charge is 0.360 e. The minimum Gasteiger partial charge on any atom is -0.360 e. The van der Waals surface area contributed by atoms with Crippen LogP contribution in [0.1, 0.15) is 64.3 Å². The van der Waals surface area contributed by atoms with Crippen molar-refractivity contribution in [3.63, 3.8) is 0 Å². The van der Waals surface area contributed by atoms with E-state index in [9.17, 15) is 13.2 Å². The molecule has 1 unspecified atom stereocenters. The number of carbonyl (C=O) groups excluding carboxylic acids is 1. The zero-order valence-electron chi connectivity index (χ0n) is 17.2. The number of carbonyl (C=O) groups is 1. The predicted octanol–water partition coefficient (Wildman–Crippen LogP) is 3.12. The Morgan fingerprint density at radius 2 is 2.04 bits per heavy atom. The van der Waals surface area contributed by atoms with Crippen LogP contribution in [0.4, 0.5) is 0 Å². The van der Waals surface area contributed by atoms with E-state index in [0.717, 1.165) is 32.2 Å². The van der Waals surface area contributed by atoms with Gasteiger partial charge in [0.25, 0.3) is 0 Å². The van der Waals surface area contributed by atoms with Crippen LogP contribution < -0.4 is 0 Å². The lowest BCUT2D eigenvalue weighted by Crippen LogP contribution is -2.48. The van der Waals surface area contributed by atoms with E-state index in [4.69, 9.17) is 4.52 Å². The molecule has 154 valence electrons. The summed E-state index contributed by atoms with van der Waals surface area (Å²) < 4.78 is 32.6. The van der Waals surface area contributed by atoms with Crippen molar-refractivity contribution in [1.82, 2.24) is 14.4 Å². The fourth-order valence-corrected chi connectivity index (χ4v) is 5.54. The van der Waals surface area contributed by atoms with E-state index in [1.54, 1.807) is 13.8 Å². The molecule has 1 aromatic heterocycles. The second-order valence-corrected chi connectivity index (χ2v) is 9.56. The molecule has 0 spiro atoms. The SMILES string of the molecule is CCCCCN(C(=O)C1CCCN(S(=O)(=O)c2c(C)noc2C)C1)C(C)C. The van der Waals surface area contributed by atoms with E-state index in [-0.39, 0.29) is 29.3 Å². The summed E-state index contributed by atoms with van der Waals surface area (Å²) in [5.41, 5.74) is 0.365. The Morgan fingerprint density at radius 3 is 2.59 bits per heavy atom. The summed E-state index contributed by atoms with van der Waals surface area (Å²) in [7, 11) is -3.71. The Labute approximate surface area is 163 Å². The molecule has 27 heavy (non-hydrogen) atoms. The molecule has 0 aromatic carbocycles. The van der Waals surface area contributed by atoms with Crippen molar-refractivity contribution < 1.29 is 17.7 Å². The molecule has 2 heterocycles. The molecule has 1 atom stereocenters. The van der Waals surface area contributed by atoms with Crippen molar-refractivity contribution in [3.8, 4) is 0 Å². The van der Waals surface area contributed by atoms with Gasteiger partial charge in [0.1, 0.15) is 10.6 Å². The predicted molar refractivity (Wildman–Crippen MR) is 104 cm³/mol. The molecule has 2 rings (SSSR count). The molecule has 1 aliphatic heterocycles. The smallest absolute Gasteiger partial charge is 0.248 e. The zero-order valence-corrected chi connectivity index (χ0v) is 18.0. The summed E-state index contributed by atoms with van der Waals surface area (Å²) in [5.74, 6) is 0.0714. The first-order valence-corrected chi connectivity index (χ1v) is 11.4. The van der Waals surface area contributed by atoms with Crippen LogP contribution in [0.15, 0.2) is 9.42 Å². The molecule has 0 saturated carbocycles. The van der Waals surface area contributed by atoms with Crippen molar-refractivity contribution in [2.75, 3.05) is 19.6 Å². The molecular weight excluding hydrogens is 366 g/mol. The summed E-state index contributed by atoms with van der Waals surface area (Å²) in [4.78, 5) is 15.1. The highest BCUT2D eigenvalue weighted by Crippen LogP contribution is 2.28. The molecule has 1 aliphatic rings. The molecule has 0 N–H and O–H groups in total. The van der Waals surface area contributed by atoms with Gasteiger partial charge in [-0.2, -0.15) is 4.31 Å². The van der Waals surface area contributed by atoms with Crippen LogP contribution in [0.2, 0.25) is 0 Å². The number of rotatable bonds is 8. The number of unbranched alkanes of at least 4 members (excludes halogenated alkanes) is 2. The fourth-order valence-electron chi connectivity index (χ4n) is 3.72. The summed E-state index contributed by atoms with van der Waals surface area (Å²) in [6.45, 7) is 10.8. The lowest BCUT2D eigenvalue weighted by atomic mass is 9.97. The van der Waals surface area contributed by atoms with Crippen LogP contribution in [-0.2, 0) is 14.8 Å². The second-order valence-electron chi connectivity index (χ2n) is 7.69. The molecule has 0 bridgehead atoms. The Kier molecular flexibility index (Phi) is 7.45. The summed E-state index contributed by atoms with van der Waals surface area (Å²) >= 11 is 0. The van der Waals surface area contributed by atoms with Gasteiger partial charge in [-0.25, -0.2) is 8.42 Å². The second kappa shape index (κ2) is 9.19. The Bertz CT molecular complexity index is 723. The molecule has 0 aliphatic carbocycles. The summed E-state index contributed by atoms with van der Waals surface area (Å²) in [6, 6.07) is 0.115. The van der Waals surface area contributed by atoms with Crippen molar-refractivity contribution in [3.05, 3.63) is 11.5 Å². The number of hydrogen-bond donors (Lipinski definition) is 0. The highest BCUT2D eigenvalue weighted by Gasteiger charge is 2.37. The van der Waals surface area contributed by atoms with Gasteiger partial charge in [0.2, 0.25) is 15.9 Å². The molecule has 7 nitrogen and oxygen atoms in total. The van der Waals surface area contributed by atoms with Crippen LogP contribution in [0.5, 0.6) is 0 Å². The first-order chi connectivity index (χ1) is 12.7.